The number of nitrogens with one attached hydrogen (secondary N) is 2. The van der Waals surface area contributed by atoms with Gasteiger partial charge in [0.25, 0.3) is 0 Å². The second-order valence-electron chi connectivity index (χ2n) is 4.72. The van der Waals surface area contributed by atoms with E-state index >= 15 is 0 Å². The highest BCUT2D eigenvalue weighted by Gasteiger charge is 2.03. The van der Waals surface area contributed by atoms with Crippen LogP contribution in [0.5, 0.6) is 0 Å². The molecule has 0 saturated heterocycles. The zero-order chi connectivity index (χ0) is 12.8. The molecule has 1 aromatic carbocycles. The zero-order valence-corrected chi connectivity index (χ0v) is 10.9. The molecule has 0 amide bonds. The van der Waals surface area contributed by atoms with E-state index < -0.39 is 0 Å². The summed E-state index contributed by atoms with van der Waals surface area (Å²) in [6.45, 7) is 4.96. The van der Waals surface area contributed by atoms with E-state index in [0.29, 0.717) is 5.92 Å². The van der Waals surface area contributed by atoms with Crippen molar-refractivity contribution < 1.29 is 0 Å². The van der Waals surface area contributed by atoms with Gasteiger partial charge in [-0.15, -0.1) is 0 Å². The molecule has 0 aliphatic carbocycles. The highest BCUT2D eigenvalue weighted by Crippen LogP contribution is 2.11. The molecule has 0 spiro atoms. The lowest BCUT2D eigenvalue weighted by Gasteiger charge is -2.12. The molecule has 0 aliphatic heterocycles. The van der Waals surface area contributed by atoms with Gasteiger partial charge in [0.1, 0.15) is 0 Å². The Kier molecular flexibility index (Phi) is 4.73. The zero-order valence-electron chi connectivity index (χ0n) is 10.9. The van der Waals surface area contributed by atoms with Gasteiger partial charge < -0.3 is 16.0 Å². The third kappa shape index (κ3) is 3.31. The Hall–Kier alpha value is -1.39. The number of hydrogen-bond acceptors (Lipinski definition) is 3. The van der Waals surface area contributed by atoms with Crippen LogP contribution in [0.3, 0.4) is 0 Å². The molecular formula is C14H22N4. The summed E-state index contributed by atoms with van der Waals surface area (Å²) in [5.41, 5.74) is 9.15. The Labute approximate surface area is 108 Å². The molecule has 18 heavy (non-hydrogen) atoms. The number of nitrogens with zero attached hydrogens (tertiary/aromatic N) is 1. The average Bonchev–Trinajstić information content (AvgIpc) is 2.86. The van der Waals surface area contributed by atoms with Crippen LogP contribution in [0, 0.1) is 5.92 Å². The quantitative estimate of drug-likeness (QED) is 0.651. The van der Waals surface area contributed by atoms with E-state index in [-0.39, 0.29) is 0 Å². The minimum Gasteiger partial charge on any atom is -0.345 e. The summed E-state index contributed by atoms with van der Waals surface area (Å²) in [5, 5.41) is 3.47. The highest BCUT2D eigenvalue weighted by molar-refractivity contribution is 5.74. The van der Waals surface area contributed by atoms with Crippen molar-refractivity contribution in [2.45, 2.75) is 19.8 Å². The van der Waals surface area contributed by atoms with E-state index in [1.54, 1.807) is 6.33 Å². The molecule has 1 unspecified atom stereocenters. The summed E-state index contributed by atoms with van der Waals surface area (Å²) in [7, 11) is 0. The summed E-state index contributed by atoms with van der Waals surface area (Å²) in [4.78, 5) is 7.36. The van der Waals surface area contributed by atoms with Crippen LogP contribution in [0.2, 0.25) is 0 Å². The topological polar surface area (TPSA) is 66.7 Å². The largest absolute Gasteiger partial charge is 0.345 e. The number of nitrogens with two attached hydrogens (primary N) is 1. The lowest BCUT2D eigenvalue weighted by Crippen LogP contribution is -2.29. The number of aromatic amines is 1. The van der Waals surface area contributed by atoms with Crippen LogP contribution in [-0.2, 0) is 6.42 Å². The molecular weight excluding hydrogens is 224 g/mol. The number of H-pyrrole nitrogens is 1. The van der Waals surface area contributed by atoms with Crippen LogP contribution in [0.1, 0.15) is 18.9 Å². The van der Waals surface area contributed by atoms with E-state index in [9.17, 15) is 0 Å². The molecule has 1 atom stereocenters. The lowest BCUT2D eigenvalue weighted by atomic mass is 10.1. The van der Waals surface area contributed by atoms with E-state index in [2.05, 4.69) is 40.4 Å². The standard InChI is InChI=1S/C14H22N4/c1-2-11(8-15)9-16-6-5-12-3-4-13-14(7-12)18-10-17-13/h3-4,7,10-11,16H,2,5-6,8-9,15H2,1H3,(H,17,18). The molecule has 0 bridgehead atoms. The normalized spacial score (nSPS) is 13.0. The smallest absolute Gasteiger partial charge is 0.0931 e. The van der Waals surface area contributed by atoms with Gasteiger partial charge in [-0.05, 0) is 49.7 Å². The van der Waals surface area contributed by atoms with Gasteiger partial charge in [-0.2, -0.15) is 0 Å². The molecule has 4 N–H and O–H groups in total. The van der Waals surface area contributed by atoms with Gasteiger partial charge in [-0.25, -0.2) is 4.98 Å². The van der Waals surface area contributed by atoms with Gasteiger partial charge in [0.05, 0.1) is 17.4 Å². The second-order valence-corrected chi connectivity index (χ2v) is 4.72. The van der Waals surface area contributed by atoms with Crippen LogP contribution in [0.4, 0.5) is 0 Å². The molecule has 0 fully saturated rings. The van der Waals surface area contributed by atoms with Crippen molar-refractivity contribution in [3.05, 3.63) is 30.1 Å². The number of rotatable bonds is 7. The van der Waals surface area contributed by atoms with E-state index in [4.69, 9.17) is 5.73 Å². The van der Waals surface area contributed by atoms with Crippen LogP contribution < -0.4 is 11.1 Å². The fourth-order valence-corrected chi connectivity index (χ4v) is 2.07. The van der Waals surface area contributed by atoms with Crippen molar-refractivity contribution in [2.75, 3.05) is 19.6 Å². The maximum atomic E-state index is 5.68. The Bertz CT molecular complexity index is 473. The van der Waals surface area contributed by atoms with Gasteiger partial charge in [0.2, 0.25) is 0 Å². The molecule has 1 heterocycles. The first-order valence-corrected chi connectivity index (χ1v) is 6.66. The van der Waals surface area contributed by atoms with Crippen molar-refractivity contribution >= 4 is 11.0 Å². The Balaban J connectivity index is 1.79. The maximum Gasteiger partial charge on any atom is 0.0931 e. The van der Waals surface area contributed by atoms with E-state index in [1.807, 2.05) is 0 Å². The number of imidazole rings is 1. The molecule has 98 valence electrons. The molecule has 0 radical (unpaired) electrons. The number of fused-ring (bicyclic) bond motifs is 1. The van der Waals surface area contributed by atoms with E-state index in [0.717, 1.165) is 43.5 Å². The van der Waals surface area contributed by atoms with Crippen molar-refractivity contribution in [1.82, 2.24) is 15.3 Å². The minimum absolute atomic E-state index is 0.597. The molecule has 0 saturated carbocycles. The predicted octanol–water partition coefficient (Wildman–Crippen LogP) is 1.68. The molecule has 4 heteroatoms. The summed E-state index contributed by atoms with van der Waals surface area (Å²) in [6, 6.07) is 6.38. The number of aromatic nitrogens is 2. The van der Waals surface area contributed by atoms with Gasteiger partial charge in [0, 0.05) is 0 Å². The van der Waals surface area contributed by atoms with Crippen molar-refractivity contribution in [1.29, 1.82) is 0 Å². The van der Waals surface area contributed by atoms with Crippen LogP contribution in [0.15, 0.2) is 24.5 Å². The molecule has 2 aromatic rings. The molecule has 0 aliphatic rings. The number of benzene rings is 1. The Morgan fingerprint density at radius 3 is 3.11 bits per heavy atom. The van der Waals surface area contributed by atoms with Crippen LogP contribution in [0.25, 0.3) is 11.0 Å². The molecule has 2 rings (SSSR count). The monoisotopic (exact) mass is 246 g/mol. The molecule has 1 aromatic heterocycles. The SMILES string of the molecule is CCC(CN)CNCCc1ccc2nc[nH]c2c1. The first kappa shape index (κ1) is 13.1. The van der Waals surface area contributed by atoms with Crippen LogP contribution in [-0.4, -0.2) is 29.6 Å². The number of hydrogen-bond donors (Lipinski definition) is 3. The van der Waals surface area contributed by atoms with Gasteiger partial charge in [-0.3, -0.25) is 0 Å². The lowest BCUT2D eigenvalue weighted by molar-refractivity contribution is 0.474. The summed E-state index contributed by atoms with van der Waals surface area (Å²) in [6.07, 6.45) is 3.92. The first-order valence-electron chi connectivity index (χ1n) is 6.66. The van der Waals surface area contributed by atoms with E-state index in [1.165, 1.54) is 5.56 Å². The minimum atomic E-state index is 0.597. The summed E-state index contributed by atoms with van der Waals surface area (Å²) in [5.74, 6) is 0.597. The van der Waals surface area contributed by atoms with Gasteiger partial charge in [-0.1, -0.05) is 19.4 Å². The van der Waals surface area contributed by atoms with Gasteiger partial charge in [0.15, 0.2) is 0 Å². The average molecular weight is 246 g/mol. The molecule has 4 nitrogen and oxygen atoms in total. The maximum absolute atomic E-state index is 5.68. The van der Waals surface area contributed by atoms with Crippen LogP contribution >= 0.6 is 0 Å². The third-order valence-electron chi connectivity index (χ3n) is 3.42. The van der Waals surface area contributed by atoms with Gasteiger partial charge >= 0.3 is 0 Å². The first-order chi connectivity index (χ1) is 8.83. The van der Waals surface area contributed by atoms with Crippen molar-refractivity contribution in [2.24, 2.45) is 11.7 Å². The predicted molar refractivity (Wildman–Crippen MR) is 75.5 cm³/mol. The van der Waals surface area contributed by atoms with Crippen molar-refractivity contribution in [3.63, 3.8) is 0 Å². The Morgan fingerprint density at radius 1 is 1.44 bits per heavy atom. The fourth-order valence-electron chi connectivity index (χ4n) is 2.07. The highest BCUT2D eigenvalue weighted by atomic mass is 14.9. The second kappa shape index (κ2) is 6.52. The summed E-state index contributed by atoms with van der Waals surface area (Å²) >= 11 is 0. The third-order valence-corrected chi connectivity index (χ3v) is 3.42. The summed E-state index contributed by atoms with van der Waals surface area (Å²) < 4.78 is 0. The Morgan fingerprint density at radius 2 is 2.33 bits per heavy atom. The fraction of sp³-hybridized carbons (Fsp3) is 0.500. The van der Waals surface area contributed by atoms with Crippen molar-refractivity contribution in [3.8, 4) is 0 Å².